The van der Waals surface area contributed by atoms with Crippen LogP contribution in [0.5, 0.6) is 5.75 Å². The second-order valence-electron chi connectivity index (χ2n) is 3.50. The molecule has 2 aromatic rings. The van der Waals surface area contributed by atoms with Gasteiger partial charge in [-0.15, -0.1) is 0 Å². The van der Waals surface area contributed by atoms with Crippen molar-refractivity contribution in [1.29, 1.82) is 0 Å². The van der Waals surface area contributed by atoms with Crippen molar-refractivity contribution < 1.29 is 4.74 Å². The Hall–Kier alpha value is -1.97. The van der Waals surface area contributed by atoms with Crippen LogP contribution in [0.15, 0.2) is 30.5 Å². The van der Waals surface area contributed by atoms with Crippen molar-refractivity contribution in [3.63, 3.8) is 0 Å². The first-order chi connectivity index (χ1) is 7.74. The molecule has 0 bridgehead atoms. The molecular formula is C12H15N3O. The second-order valence-corrected chi connectivity index (χ2v) is 3.50. The van der Waals surface area contributed by atoms with Gasteiger partial charge >= 0.3 is 0 Å². The van der Waals surface area contributed by atoms with Gasteiger partial charge in [0.05, 0.1) is 12.8 Å². The van der Waals surface area contributed by atoms with Gasteiger partial charge in [-0.2, -0.15) is 0 Å². The standard InChI is InChI=1S/C12H15N3O/c1-3-15-8-11(14-12(15)13)9-4-6-10(16-2)7-5-9/h4-8H,3H2,1-2H3,(H2,13,14). The molecule has 1 aromatic heterocycles. The van der Waals surface area contributed by atoms with E-state index in [9.17, 15) is 0 Å². The van der Waals surface area contributed by atoms with Gasteiger partial charge in [0.2, 0.25) is 5.95 Å². The molecular weight excluding hydrogens is 202 g/mol. The Labute approximate surface area is 94.7 Å². The predicted molar refractivity (Wildman–Crippen MR) is 64.3 cm³/mol. The van der Waals surface area contributed by atoms with Crippen LogP contribution in [-0.4, -0.2) is 16.7 Å². The van der Waals surface area contributed by atoms with Crippen molar-refractivity contribution in [3.05, 3.63) is 30.5 Å². The van der Waals surface area contributed by atoms with Crippen molar-refractivity contribution in [3.8, 4) is 17.0 Å². The Balaban J connectivity index is 2.34. The van der Waals surface area contributed by atoms with Crippen LogP contribution in [0.25, 0.3) is 11.3 Å². The van der Waals surface area contributed by atoms with Crippen LogP contribution in [0.2, 0.25) is 0 Å². The molecule has 0 aliphatic carbocycles. The summed E-state index contributed by atoms with van der Waals surface area (Å²) >= 11 is 0. The summed E-state index contributed by atoms with van der Waals surface area (Å²) in [6.07, 6.45) is 1.96. The molecule has 0 unspecified atom stereocenters. The fourth-order valence-corrected chi connectivity index (χ4v) is 1.58. The monoisotopic (exact) mass is 217 g/mol. The minimum absolute atomic E-state index is 0.549. The van der Waals surface area contributed by atoms with Crippen molar-refractivity contribution in [1.82, 2.24) is 9.55 Å². The van der Waals surface area contributed by atoms with Crippen molar-refractivity contribution in [2.75, 3.05) is 12.8 Å². The van der Waals surface area contributed by atoms with E-state index < -0.39 is 0 Å². The number of nitrogens with two attached hydrogens (primary N) is 1. The summed E-state index contributed by atoms with van der Waals surface area (Å²) in [6.45, 7) is 2.87. The maximum absolute atomic E-state index is 5.77. The van der Waals surface area contributed by atoms with Gasteiger partial charge < -0.3 is 15.0 Å². The molecule has 0 saturated heterocycles. The van der Waals surface area contributed by atoms with Crippen LogP contribution in [-0.2, 0) is 6.54 Å². The molecule has 1 heterocycles. The van der Waals surface area contributed by atoms with E-state index in [-0.39, 0.29) is 0 Å². The van der Waals surface area contributed by atoms with Crippen LogP contribution >= 0.6 is 0 Å². The third-order valence-corrected chi connectivity index (χ3v) is 2.53. The van der Waals surface area contributed by atoms with E-state index in [1.807, 2.05) is 42.0 Å². The number of imidazole rings is 1. The van der Waals surface area contributed by atoms with Crippen LogP contribution in [0, 0.1) is 0 Å². The zero-order valence-corrected chi connectivity index (χ0v) is 9.47. The lowest BCUT2D eigenvalue weighted by Crippen LogP contribution is -1.98. The number of nitrogens with zero attached hydrogens (tertiary/aromatic N) is 2. The fourth-order valence-electron chi connectivity index (χ4n) is 1.58. The first kappa shape index (κ1) is 10.5. The van der Waals surface area contributed by atoms with Gasteiger partial charge in [-0.25, -0.2) is 4.98 Å². The summed E-state index contributed by atoms with van der Waals surface area (Å²) in [5, 5.41) is 0. The molecule has 0 aliphatic rings. The second kappa shape index (κ2) is 4.26. The fraction of sp³-hybridized carbons (Fsp3) is 0.250. The number of methoxy groups -OCH3 is 1. The van der Waals surface area contributed by atoms with Gasteiger partial charge in [0, 0.05) is 18.3 Å². The average Bonchev–Trinajstić information content (AvgIpc) is 2.71. The van der Waals surface area contributed by atoms with E-state index in [1.165, 1.54) is 0 Å². The first-order valence-corrected chi connectivity index (χ1v) is 5.21. The highest BCUT2D eigenvalue weighted by Gasteiger charge is 2.05. The van der Waals surface area contributed by atoms with E-state index in [2.05, 4.69) is 4.98 Å². The normalized spacial score (nSPS) is 10.4. The molecule has 16 heavy (non-hydrogen) atoms. The topological polar surface area (TPSA) is 53.1 Å². The minimum atomic E-state index is 0.549. The molecule has 84 valence electrons. The quantitative estimate of drug-likeness (QED) is 0.857. The zero-order valence-electron chi connectivity index (χ0n) is 9.47. The number of nitrogen functional groups attached to an aromatic ring is 1. The highest BCUT2D eigenvalue weighted by molar-refractivity contribution is 5.61. The molecule has 2 N–H and O–H groups in total. The number of benzene rings is 1. The van der Waals surface area contributed by atoms with E-state index in [1.54, 1.807) is 7.11 Å². The van der Waals surface area contributed by atoms with Gasteiger partial charge in [-0.1, -0.05) is 0 Å². The highest BCUT2D eigenvalue weighted by atomic mass is 16.5. The Bertz CT molecular complexity index is 474. The molecule has 0 saturated carbocycles. The number of rotatable bonds is 3. The van der Waals surface area contributed by atoms with E-state index in [0.717, 1.165) is 23.6 Å². The molecule has 0 fully saturated rings. The van der Waals surface area contributed by atoms with Crippen LogP contribution in [0.1, 0.15) is 6.92 Å². The third kappa shape index (κ3) is 1.86. The summed E-state index contributed by atoms with van der Waals surface area (Å²) in [5.74, 6) is 1.39. The van der Waals surface area contributed by atoms with E-state index in [0.29, 0.717) is 5.95 Å². The number of aromatic nitrogens is 2. The number of anilines is 1. The number of aryl methyl sites for hydroxylation is 1. The summed E-state index contributed by atoms with van der Waals surface area (Å²) in [5.41, 5.74) is 7.70. The number of hydrogen-bond acceptors (Lipinski definition) is 3. The number of ether oxygens (including phenoxy) is 1. The molecule has 0 spiro atoms. The Morgan fingerprint density at radius 1 is 1.31 bits per heavy atom. The molecule has 0 aliphatic heterocycles. The van der Waals surface area contributed by atoms with Crippen LogP contribution in [0.4, 0.5) is 5.95 Å². The predicted octanol–water partition coefficient (Wildman–Crippen LogP) is 2.16. The first-order valence-electron chi connectivity index (χ1n) is 5.21. The lowest BCUT2D eigenvalue weighted by atomic mass is 10.2. The van der Waals surface area contributed by atoms with Gasteiger partial charge in [0.1, 0.15) is 5.75 Å². The van der Waals surface area contributed by atoms with Gasteiger partial charge in [0.25, 0.3) is 0 Å². The lowest BCUT2D eigenvalue weighted by molar-refractivity contribution is 0.415. The smallest absolute Gasteiger partial charge is 0.200 e. The summed E-state index contributed by atoms with van der Waals surface area (Å²) in [6, 6.07) is 7.77. The van der Waals surface area contributed by atoms with E-state index in [4.69, 9.17) is 10.5 Å². The van der Waals surface area contributed by atoms with Crippen LogP contribution in [0.3, 0.4) is 0 Å². The van der Waals surface area contributed by atoms with Crippen LogP contribution < -0.4 is 10.5 Å². The molecule has 0 amide bonds. The van der Waals surface area contributed by atoms with Crippen molar-refractivity contribution in [2.45, 2.75) is 13.5 Å². The van der Waals surface area contributed by atoms with Gasteiger partial charge in [-0.05, 0) is 31.2 Å². The molecule has 1 aromatic carbocycles. The van der Waals surface area contributed by atoms with Gasteiger partial charge in [-0.3, -0.25) is 0 Å². The van der Waals surface area contributed by atoms with Crippen molar-refractivity contribution in [2.24, 2.45) is 0 Å². The highest BCUT2D eigenvalue weighted by Crippen LogP contribution is 2.22. The third-order valence-electron chi connectivity index (χ3n) is 2.53. The molecule has 4 heteroatoms. The molecule has 2 rings (SSSR count). The molecule has 0 atom stereocenters. The van der Waals surface area contributed by atoms with Gasteiger partial charge in [0.15, 0.2) is 0 Å². The maximum Gasteiger partial charge on any atom is 0.200 e. The average molecular weight is 217 g/mol. The van der Waals surface area contributed by atoms with E-state index >= 15 is 0 Å². The summed E-state index contributed by atoms with van der Waals surface area (Å²) < 4.78 is 7.02. The summed E-state index contributed by atoms with van der Waals surface area (Å²) in [7, 11) is 1.65. The Morgan fingerprint density at radius 2 is 2.00 bits per heavy atom. The largest absolute Gasteiger partial charge is 0.497 e. The Kier molecular flexibility index (Phi) is 2.81. The SMILES string of the molecule is CCn1cc(-c2ccc(OC)cc2)nc1N. The lowest BCUT2D eigenvalue weighted by Gasteiger charge is -2.00. The summed E-state index contributed by atoms with van der Waals surface area (Å²) in [4.78, 5) is 4.31. The number of hydrogen-bond donors (Lipinski definition) is 1. The maximum atomic E-state index is 5.77. The minimum Gasteiger partial charge on any atom is -0.497 e. The molecule has 4 nitrogen and oxygen atoms in total. The zero-order chi connectivity index (χ0) is 11.5. The molecule has 0 radical (unpaired) electrons. The Morgan fingerprint density at radius 3 is 2.50 bits per heavy atom. The van der Waals surface area contributed by atoms with Crippen molar-refractivity contribution >= 4 is 5.95 Å².